The third-order valence-electron chi connectivity index (χ3n) is 12.3. The molecule has 0 bridgehead atoms. The van der Waals surface area contributed by atoms with Crippen molar-refractivity contribution in [1.29, 1.82) is 0 Å². The molecule has 3 amide bonds. The highest BCUT2D eigenvalue weighted by molar-refractivity contribution is 7.86. The average Bonchev–Trinajstić information content (AvgIpc) is 3.64. The SMILES string of the molecule is O=C(CCCCCCNC(=O)c1ccc(C(=O)[O-])c(-c2c3ccc(=[N+](CCCCS(=O)(=O)O)CCCCS(=O)(=O)O)cc-3oc3cc(C(CCCS(=O)(=O)O)NCCCCS(=O)(=O)O)ccc23)c1)ON1C(=O)CCC1=O. The molecule has 1 atom stereocenters. The normalized spacial score (nSPS) is 13.9. The maximum Gasteiger partial charge on any atom is 0.333 e. The average molecular weight is 1140 g/mol. The van der Waals surface area contributed by atoms with Gasteiger partial charge in [0.2, 0.25) is 5.36 Å². The predicted molar refractivity (Wildman–Crippen MR) is 274 cm³/mol. The van der Waals surface area contributed by atoms with Gasteiger partial charge in [-0.3, -0.25) is 32.6 Å². The van der Waals surface area contributed by atoms with E-state index in [0.717, 1.165) is 0 Å². The Morgan fingerprint density at radius 1 is 0.658 bits per heavy atom. The number of carboxylic acid groups (broad SMARTS) is 1. The summed E-state index contributed by atoms with van der Waals surface area (Å²) in [6.07, 6.45) is 3.09. The minimum absolute atomic E-state index is 0.0132. The lowest BCUT2D eigenvalue weighted by Crippen LogP contribution is -2.32. The van der Waals surface area contributed by atoms with Crippen LogP contribution < -0.4 is 25.7 Å². The van der Waals surface area contributed by atoms with Crippen LogP contribution in [0.25, 0.3) is 33.4 Å². The molecule has 0 radical (unpaired) electrons. The Hall–Kier alpha value is -5.72. The van der Waals surface area contributed by atoms with Crippen molar-refractivity contribution in [3.63, 3.8) is 0 Å². The second kappa shape index (κ2) is 27.5. The van der Waals surface area contributed by atoms with E-state index in [0.29, 0.717) is 52.6 Å². The van der Waals surface area contributed by atoms with Gasteiger partial charge in [0, 0.05) is 78.4 Å². The quantitative estimate of drug-likeness (QED) is 0.0135. The highest BCUT2D eigenvalue weighted by Crippen LogP contribution is 2.42. The summed E-state index contributed by atoms with van der Waals surface area (Å²) in [5, 5.41) is 20.3. The summed E-state index contributed by atoms with van der Waals surface area (Å²) in [7, 11) is -17.1. The lowest BCUT2D eigenvalue weighted by molar-refractivity contribution is -0.255. The second-order valence-corrected chi connectivity index (χ2v) is 24.6. The smallest absolute Gasteiger partial charge is 0.333 e. The minimum Gasteiger partial charge on any atom is -0.545 e. The number of unbranched alkanes of at least 4 members (excludes halogenated alkanes) is 6. The number of rotatable bonds is 32. The van der Waals surface area contributed by atoms with Gasteiger partial charge in [-0.2, -0.15) is 33.7 Å². The van der Waals surface area contributed by atoms with Crippen LogP contribution in [0.4, 0.5) is 0 Å². The van der Waals surface area contributed by atoms with E-state index in [2.05, 4.69) is 10.6 Å². The first kappa shape index (κ1) is 61.1. The van der Waals surface area contributed by atoms with E-state index in [4.69, 9.17) is 9.25 Å². The van der Waals surface area contributed by atoms with E-state index in [1.54, 1.807) is 36.4 Å². The van der Waals surface area contributed by atoms with Crippen LogP contribution in [0, 0.1) is 0 Å². The lowest BCUT2D eigenvalue weighted by Gasteiger charge is -2.22. The molecule has 0 spiro atoms. The van der Waals surface area contributed by atoms with Gasteiger partial charge >= 0.3 is 5.97 Å². The van der Waals surface area contributed by atoms with Crippen molar-refractivity contribution in [2.45, 2.75) is 102 Å². The topological polar surface area (TPSA) is 379 Å². The molecule has 418 valence electrons. The van der Waals surface area contributed by atoms with Gasteiger partial charge in [0.05, 0.1) is 35.0 Å². The molecule has 6 N–H and O–H groups in total. The molecule has 1 unspecified atom stereocenters. The number of carbonyl (C=O) groups is 5. The molecule has 1 fully saturated rings. The molecule has 2 aromatic carbocycles. The summed E-state index contributed by atoms with van der Waals surface area (Å²) < 4.78 is 138. The van der Waals surface area contributed by atoms with E-state index in [9.17, 15) is 81.0 Å². The maximum absolute atomic E-state index is 13.7. The number of hydrogen-bond donors (Lipinski definition) is 6. The fourth-order valence-electron chi connectivity index (χ4n) is 8.61. The molecule has 28 heteroatoms. The van der Waals surface area contributed by atoms with Crippen molar-refractivity contribution in [2.75, 3.05) is 49.2 Å². The number of aromatic carboxylic acids is 1. The number of carbonyl (C=O) groups excluding carboxylic acids is 5. The van der Waals surface area contributed by atoms with Gasteiger partial charge < -0.3 is 29.8 Å². The van der Waals surface area contributed by atoms with Gasteiger partial charge in [0.1, 0.15) is 24.4 Å². The summed E-state index contributed by atoms with van der Waals surface area (Å²) in [5.74, 6) is -5.95. The Morgan fingerprint density at radius 2 is 1.24 bits per heavy atom. The van der Waals surface area contributed by atoms with Crippen LogP contribution in [0.5, 0.6) is 0 Å². The molecule has 3 aliphatic rings. The molecule has 0 aromatic heterocycles. The Morgan fingerprint density at radius 3 is 1.84 bits per heavy atom. The van der Waals surface area contributed by atoms with Gasteiger partial charge in [-0.1, -0.05) is 31.0 Å². The molecule has 2 aromatic rings. The van der Waals surface area contributed by atoms with Gasteiger partial charge in [-0.25, -0.2) is 9.37 Å². The van der Waals surface area contributed by atoms with Crippen molar-refractivity contribution in [1.82, 2.24) is 20.3 Å². The number of hydroxylamine groups is 2. The standard InChI is InChI=1S/C48H62N4O20S4/c53-43-20-21-44(54)52(43)72-45(55)13-3-1-2-4-23-50-47(56)34-15-17-36(48(57)58)39(30-34)46-37-18-14-33(40(12-11-29-76(68,69)70)49-22-5-8-26-73(59,60)61)31-41(37)71-42-32-35(16-19-38(42)46)51(24-6-9-27-74(62,63)64)25-7-10-28-75(65,66)67/h14-19,30-32,40,49H,1-13,20-29H2,(H5-,50,56,57,58,59,60,61,62,63,64,65,66,67,68,69,70). The number of imide groups is 1. The first-order valence-electron chi connectivity index (χ1n) is 24.5. The van der Waals surface area contributed by atoms with Crippen LogP contribution >= 0.6 is 0 Å². The first-order valence-corrected chi connectivity index (χ1v) is 30.9. The zero-order chi connectivity index (χ0) is 55.8. The highest BCUT2D eigenvalue weighted by Gasteiger charge is 2.33. The van der Waals surface area contributed by atoms with Crippen LogP contribution in [0.3, 0.4) is 0 Å². The molecule has 5 rings (SSSR count). The molecule has 2 aliphatic heterocycles. The molecule has 24 nitrogen and oxygen atoms in total. The zero-order valence-electron chi connectivity index (χ0n) is 41.4. The first-order chi connectivity index (χ1) is 35.7. The number of nitrogens with one attached hydrogen (secondary N) is 2. The molecule has 1 saturated heterocycles. The number of carboxylic acids is 1. The maximum atomic E-state index is 13.7. The van der Waals surface area contributed by atoms with E-state index in [-0.39, 0.29) is 130 Å². The Bertz CT molecular complexity index is 3210. The third kappa shape index (κ3) is 20.0. The highest BCUT2D eigenvalue weighted by atomic mass is 32.2. The Kier molecular flexibility index (Phi) is 22.2. The second-order valence-electron chi connectivity index (χ2n) is 18.3. The largest absolute Gasteiger partial charge is 0.545 e. The number of nitrogens with zero attached hydrogens (tertiary/aromatic N) is 2. The monoisotopic (exact) mass is 1140 g/mol. The van der Waals surface area contributed by atoms with Crippen molar-refractivity contribution < 1.29 is 90.2 Å². The van der Waals surface area contributed by atoms with E-state index >= 15 is 0 Å². The summed E-state index contributed by atoms with van der Waals surface area (Å²) in [6.45, 7) is 0.835. The fourth-order valence-corrected chi connectivity index (χ4v) is 10.9. The molecule has 2 heterocycles. The fraction of sp³-hybridized carbons (Fsp3) is 0.500. The molecule has 0 saturated carbocycles. The lowest BCUT2D eigenvalue weighted by atomic mass is 9.88. The van der Waals surface area contributed by atoms with Gasteiger partial charge in [0.15, 0.2) is 0 Å². The van der Waals surface area contributed by atoms with Crippen molar-refractivity contribution in [3.8, 4) is 22.5 Å². The molecular weight excluding hydrogens is 1080 g/mol. The van der Waals surface area contributed by atoms with Gasteiger partial charge in [0.25, 0.3) is 58.2 Å². The Labute approximate surface area is 440 Å². The Balaban J connectivity index is 1.54. The van der Waals surface area contributed by atoms with E-state index in [1.165, 1.54) is 18.2 Å². The van der Waals surface area contributed by atoms with Crippen molar-refractivity contribution in [3.05, 3.63) is 76.6 Å². The van der Waals surface area contributed by atoms with Crippen LogP contribution in [0.15, 0.2) is 59.0 Å². The van der Waals surface area contributed by atoms with Gasteiger partial charge in [-0.15, -0.1) is 5.06 Å². The minimum atomic E-state index is -4.36. The third-order valence-corrected chi connectivity index (χ3v) is 15.6. The number of amides is 3. The number of hydrogen-bond acceptors (Lipinski definition) is 17. The number of fused-ring (bicyclic) bond motifs is 2. The van der Waals surface area contributed by atoms with Crippen LogP contribution in [-0.2, 0) is 59.7 Å². The van der Waals surface area contributed by atoms with E-state index in [1.807, 2.05) is 4.58 Å². The molecule has 1 aliphatic carbocycles. The van der Waals surface area contributed by atoms with Gasteiger partial charge in [-0.05, 0) is 93.3 Å². The summed E-state index contributed by atoms with van der Waals surface area (Å²) in [5.41, 5.74) is 1.16. The van der Waals surface area contributed by atoms with Crippen LogP contribution in [0.2, 0.25) is 0 Å². The van der Waals surface area contributed by atoms with Crippen LogP contribution in [0.1, 0.15) is 129 Å². The summed E-state index contributed by atoms with van der Waals surface area (Å²) in [6, 6.07) is 13.2. The van der Waals surface area contributed by atoms with Crippen LogP contribution in [-0.4, -0.2) is 136 Å². The predicted octanol–water partition coefficient (Wildman–Crippen LogP) is 2.93. The van der Waals surface area contributed by atoms with Crippen molar-refractivity contribution >= 4 is 81.1 Å². The summed E-state index contributed by atoms with van der Waals surface area (Å²) >= 11 is 0. The zero-order valence-corrected chi connectivity index (χ0v) is 44.7. The number of benzene rings is 3. The van der Waals surface area contributed by atoms with Crippen molar-refractivity contribution in [2.24, 2.45) is 0 Å². The summed E-state index contributed by atoms with van der Waals surface area (Å²) in [4.78, 5) is 67.1. The molecular formula is C48H62N4O20S4. The molecule has 76 heavy (non-hydrogen) atoms. The van der Waals surface area contributed by atoms with E-state index < -0.39 is 99.2 Å².